The molecule has 2 nitrogen and oxygen atoms in total. The molecule has 0 saturated carbocycles. The van der Waals surface area contributed by atoms with Gasteiger partial charge in [-0.15, -0.1) is 0 Å². The van der Waals surface area contributed by atoms with Gasteiger partial charge in [-0.05, 0) is 24.6 Å². The molecule has 1 rings (SSSR count). The second-order valence-electron chi connectivity index (χ2n) is 3.18. The molecule has 0 spiro atoms. The van der Waals surface area contributed by atoms with Crippen LogP contribution in [0.4, 0.5) is 8.78 Å². The number of aliphatic hydroxyl groups excluding tert-OH is 1. The van der Waals surface area contributed by atoms with Gasteiger partial charge in [0.2, 0.25) is 0 Å². The second kappa shape index (κ2) is 4.48. The first kappa shape index (κ1) is 11.1. The third kappa shape index (κ3) is 2.27. The summed E-state index contributed by atoms with van der Waals surface area (Å²) in [6, 6.07) is 2.38. The first-order valence-corrected chi connectivity index (χ1v) is 4.44. The Bertz CT molecular complexity index is 317. The second-order valence-corrected chi connectivity index (χ2v) is 3.18. The fourth-order valence-corrected chi connectivity index (χ4v) is 1.20. The molecular formula is C10H13F2NO. The van der Waals surface area contributed by atoms with E-state index >= 15 is 0 Å². The molecule has 0 bridgehead atoms. The van der Waals surface area contributed by atoms with Gasteiger partial charge in [0.05, 0.1) is 6.10 Å². The highest BCUT2D eigenvalue weighted by Gasteiger charge is 2.19. The highest BCUT2D eigenvalue weighted by Crippen LogP contribution is 2.21. The van der Waals surface area contributed by atoms with E-state index < -0.39 is 23.8 Å². The number of hydrogen-bond acceptors (Lipinski definition) is 2. The summed E-state index contributed by atoms with van der Waals surface area (Å²) in [5, 5.41) is 9.56. The summed E-state index contributed by atoms with van der Waals surface area (Å²) in [6.45, 7) is 1.77. The van der Waals surface area contributed by atoms with Gasteiger partial charge in [-0.2, -0.15) is 0 Å². The lowest BCUT2D eigenvalue weighted by Gasteiger charge is -2.17. The third-order valence-electron chi connectivity index (χ3n) is 2.15. The van der Waals surface area contributed by atoms with Crippen molar-refractivity contribution in [1.29, 1.82) is 0 Å². The van der Waals surface area contributed by atoms with E-state index in [1.807, 2.05) is 0 Å². The van der Waals surface area contributed by atoms with Crippen molar-refractivity contribution in [3.05, 3.63) is 35.4 Å². The molecule has 0 amide bonds. The van der Waals surface area contributed by atoms with E-state index in [2.05, 4.69) is 0 Å². The van der Waals surface area contributed by atoms with Crippen LogP contribution < -0.4 is 5.73 Å². The quantitative estimate of drug-likeness (QED) is 0.782. The molecule has 4 heteroatoms. The van der Waals surface area contributed by atoms with Crippen LogP contribution in [0.3, 0.4) is 0 Å². The van der Waals surface area contributed by atoms with Crippen molar-refractivity contribution in [1.82, 2.24) is 0 Å². The molecule has 14 heavy (non-hydrogen) atoms. The smallest absolute Gasteiger partial charge is 0.129 e. The summed E-state index contributed by atoms with van der Waals surface area (Å²) in [7, 11) is 0. The molecule has 0 saturated heterocycles. The molecule has 0 aliphatic carbocycles. The SMILES string of the molecule is CC[C@@H](N)[C@H](O)c1cc(F)ccc1F. The molecule has 0 heterocycles. The highest BCUT2D eigenvalue weighted by atomic mass is 19.1. The number of benzene rings is 1. The van der Waals surface area contributed by atoms with Crippen LogP contribution in [0.25, 0.3) is 0 Å². The van der Waals surface area contributed by atoms with Gasteiger partial charge in [0.15, 0.2) is 0 Å². The van der Waals surface area contributed by atoms with Crippen LogP contribution in [0.15, 0.2) is 18.2 Å². The summed E-state index contributed by atoms with van der Waals surface area (Å²) in [5.41, 5.74) is 5.44. The van der Waals surface area contributed by atoms with Gasteiger partial charge in [-0.1, -0.05) is 6.92 Å². The lowest BCUT2D eigenvalue weighted by molar-refractivity contribution is 0.140. The molecular weight excluding hydrogens is 188 g/mol. The Labute approximate surface area is 81.4 Å². The minimum Gasteiger partial charge on any atom is -0.387 e. The Balaban J connectivity index is 2.99. The molecule has 0 unspecified atom stereocenters. The van der Waals surface area contributed by atoms with Crippen LogP contribution in [0.1, 0.15) is 25.0 Å². The minimum absolute atomic E-state index is 0.0839. The van der Waals surface area contributed by atoms with Crippen molar-refractivity contribution in [3.8, 4) is 0 Å². The van der Waals surface area contributed by atoms with Crippen LogP contribution in [0.5, 0.6) is 0 Å². The van der Waals surface area contributed by atoms with Crippen molar-refractivity contribution in [2.24, 2.45) is 5.73 Å². The largest absolute Gasteiger partial charge is 0.387 e. The molecule has 1 aromatic rings. The Morgan fingerprint density at radius 1 is 1.43 bits per heavy atom. The van der Waals surface area contributed by atoms with Gasteiger partial charge in [0, 0.05) is 11.6 Å². The van der Waals surface area contributed by atoms with Gasteiger partial charge in [-0.25, -0.2) is 8.78 Å². The van der Waals surface area contributed by atoms with Crippen LogP contribution in [0.2, 0.25) is 0 Å². The maximum absolute atomic E-state index is 13.1. The minimum atomic E-state index is -1.16. The lowest BCUT2D eigenvalue weighted by Crippen LogP contribution is -2.28. The third-order valence-corrected chi connectivity index (χ3v) is 2.15. The normalized spacial score (nSPS) is 15.2. The fraction of sp³-hybridized carbons (Fsp3) is 0.400. The van der Waals surface area contributed by atoms with Gasteiger partial charge in [-0.3, -0.25) is 0 Å². The van der Waals surface area contributed by atoms with E-state index in [1.165, 1.54) is 0 Å². The van der Waals surface area contributed by atoms with Crippen molar-refractivity contribution in [2.75, 3.05) is 0 Å². The first-order chi connectivity index (χ1) is 6.56. The Morgan fingerprint density at radius 2 is 2.07 bits per heavy atom. The van der Waals surface area contributed by atoms with Gasteiger partial charge >= 0.3 is 0 Å². The van der Waals surface area contributed by atoms with Gasteiger partial charge < -0.3 is 10.8 Å². The monoisotopic (exact) mass is 201 g/mol. The summed E-state index contributed by atoms with van der Waals surface area (Å²) in [5.74, 6) is -1.22. The summed E-state index contributed by atoms with van der Waals surface area (Å²) in [6.07, 6.45) is -0.660. The molecule has 1 aromatic carbocycles. The average Bonchev–Trinajstić information content (AvgIpc) is 2.19. The average molecular weight is 201 g/mol. The number of hydrogen-bond donors (Lipinski definition) is 2. The van der Waals surface area contributed by atoms with Crippen molar-refractivity contribution in [3.63, 3.8) is 0 Å². The van der Waals surface area contributed by atoms with Crippen molar-refractivity contribution < 1.29 is 13.9 Å². The van der Waals surface area contributed by atoms with Crippen LogP contribution in [-0.4, -0.2) is 11.1 Å². The van der Waals surface area contributed by atoms with Crippen molar-refractivity contribution >= 4 is 0 Å². The van der Waals surface area contributed by atoms with E-state index in [-0.39, 0.29) is 5.56 Å². The molecule has 0 aliphatic rings. The van der Waals surface area contributed by atoms with Crippen molar-refractivity contribution in [2.45, 2.75) is 25.5 Å². The number of rotatable bonds is 3. The molecule has 0 fully saturated rings. The number of aliphatic hydroxyl groups is 1. The maximum atomic E-state index is 13.1. The number of nitrogens with two attached hydrogens (primary N) is 1. The first-order valence-electron chi connectivity index (χ1n) is 4.44. The number of halogens is 2. The lowest BCUT2D eigenvalue weighted by atomic mass is 10.0. The summed E-state index contributed by atoms with van der Waals surface area (Å²) < 4.78 is 25.9. The Kier molecular flexibility index (Phi) is 3.55. The highest BCUT2D eigenvalue weighted by molar-refractivity contribution is 5.22. The maximum Gasteiger partial charge on any atom is 0.129 e. The Hall–Kier alpha value is -1.00. The van der Waals surface area contributed by atoms with Crippen LogP contribution in [0, 0.1) is 11.6 Å². The van der Waals surface area contributed by atoms with Gasteiger partial charge in [0.1, 0.15) is 11.6 Å². The van der Waals surface area contributed by atoms with Crippen LogP contribution >= 0.6 is 0 Å². The van der Waals surface area contributed by atoms with E-state index in [4.69, 9.17) is 5.73 Å². The molecule has 2 atom stereocenters. The molecule has 0 aliphatic heterocycles. The predicted molar refractivity (Wildman–Crippen MR) is 49.6 cm³/mol. The van der Waals surface area contributed by atoms with E-state index in [0.29, 0.717) is 6.42 Å². The van der Waals surface area contributed by atoms with E-state index in [1.54, 1.807) is 6.92 Å². The van der Waals surface area contributed by atoms with E-state index in [0.717, 1.165) is 18.2 Å². The van der Waals surface area contributed by atoms with Gasteiger partial charge in [0.25, 0.3) is 0 Å². The molecule has 3 N–H and O–H groups in total. The van der Waals surface area contributed by atoms with E-state index in [9.17, 15) is 13.9 Å². The molecule has 0 aromatic heterocycles. The van der Waals surface area contributed by atoms with Crippen LogP contribution in [-0.2, 0) is 0 Å². The standard InChI is InChI=1S/C10H13F2NO/c1-2-9(13)10(14)7-5-6(11)3-4-8(7)12/h3-5,9-10,14H,2,13H2,1H3/t9-,10-/m1/s1. The molecule has 78 valence electrons. The molecule has 0 radical (unpaired) electrons. The zero-order valence-corrected chi connectivity index (χ0v) is 7.87. The zero-order valence-electron chi connectivity index (χ0n) is 7.87. The fourth-order valence-electron chi connectivity index (χ4n) is 1.20. The Morgan fingerprint density at radius 3 is 2.64 bits per heavy atom. The summed E-state index contributed by atoms with van der Waals surface area (Å²) >= 11 is 0. The zero-order chi connectivity index (χ0) is 10.7. The topological polar surface area (TPSA) is 46.2 Å². The predicted octanol–water partition coefficient (Wildman–Crippen LogP) is 1.74. The summed E-state index contributed by atoms with van der Waals surface area (Å²) in [4.78, 5) is 0.